The van der Waals surface area contributed by atoms with Gasteiger partial charge in [-0.25, -0.2) is 41.5 Å². The first-order valence-electron chi connectivity index (χ1n) is 29.4. The monoisotopic (exact) mass is 1170 g/mol. The van der Waals surface area contributed by atoms with Crippen LogP contribution in [0, 0.1) is 41.0 Å². The van der Waals surface area contributed by atoms with Crippen LogP contribution in [0.5, 0.6) is 0 Å². The predicted molar refractivity (Wildman–Crippen MR) is 311 cm³/mol. The van der Waals surface area contributed by atoms with E-state index in [2.05, 4.69) is 20.6 Å². The van der Waals surface area contributed by atoms with Gasteiger partial charge in [-0.05, 0) is 98.6 Å². The van der Waals surface area contributed by atoms with Crippen molar-refractivity contribution in [2.45, 2.75) is 121 Å². The van der Waals surface area contributed by atoms with Crippen LogP contribution in [-0.4, -0.2) is 106 Å². The van der Waals surface area contributed by atoms with Gasteiger partial charge in [0.15, 0.2) is 17.3 Å². The largest absolute Gasteiger partial charge is 0.453 e. The van der Waals surface area contributed by atoms with Gasteiger partial charge in [-0.2, -0.15) is 0 Å². The second-order valence-electron chi connectivity index (χ2n) is 23.6. The zero-order valence-corrected chi connectivity index (χ0v) is 48.4. The van der Waals surface area contributed by atoms with Gasteiger partial charge in [-0.15, -0.1) is 0 Å². The van der Waals surface area contributed by atoms with E-state index < -0.39 is 83.3 Å². The number of H-pyrrole nitrogens is 2. The summed E-state index contributed by atoms with van der Waals surface area (Å²) >= 11 is 0. The average Bonchev–Trinajstić information content (AvgIpc) is 2.58. The number of alkyl carbamates (subject to hydrolysis) is 2. The molecular weight excluding hydrogens is 1100 g/mol. The number of aromatic amines is 2. The fraction of sp³-hybridized carbons (Fsp3) is 0.438. The van der Waals surface area contributed by atoms with Gasteiger partial charge in [0.2, 0.25) is 11.8 Å². The number of ether oxygens (including phenoxy) is 2. The standard InChI is InChI=1S/C64H71F5N10O6/c1-35(2)55(74-62(82)84-5)60(80)77-25-13-19-53(77)58-70-47-31-41(43(65)33-49(47)72-58)51-21-22-52(42-32-48-50(34-44(42)66)73-59(71-48)54-20-14-26-78(54)61(81)56(36(3)4)75-63(83)85-6)79(51)40-29-45(67)57(46(68)30-40)76-27-23-39(24-28-76)64(69,37-15-9-7-10-16-37)38-17-11-8-12-18-38/h7-12,15-18,29-36,39,51-56H,13-14,19-28H2,1-6H3,(H,70,72)(H,71,73)(H,74,82)(H,75,83)/t51-,52-,53+,54+,55?,56?/m1/s1. The molecular formula is C64H71F5N10O6. The van der Waals surface area contributed by atoms with Crippen molar-refractivity contribution < 1.29 is 50.6 Å². The van der Waals surface area contributed by atoms with Crippen molar-refractivity contribution in [2.75, 3.05) is 50.2 Å². The lowest BCUT2D eigenvalue weighted by atomic mass is 9.73. The van der Waals surface area contributed by atoms with Crippen molar-refractivity contribution in [3.05, 3.63) is 154 Å². The topological polar surface area (TPSA) is 181 Å². The zero-order valence-electron chi connectivity index (χ0n) is 48.4. The van der Waals surface area contributed by atoms with E-state index in [4.69, 9.17) is 19.4 Å². The molecule has 5 aromatic carbocycles. The second kappa shape index (κ2) is 24.0. The Kier molecular flexibility index (Phi) is 16.5. The molecule has 21 heteroatoms. The highest BCUT2D eigenvalue weighted by atomic mass is 19.2. The molecule has 4 saturated heterocycles. The maximum Gasteiger partial charge on any atom is 0.407 e. The molecule has 0 bridgehead atoms. The quantitative estimate of drug-likeness (QED) is 0.0721. The van der Waals surface area contributed by atoms with Crippen molar-refractivity contribution in [1.82, 2.24) is 40.4 Å². The number of aromatic nitrogens is 4. The number of methoxy groups -OCH3 is 2. The minimum Gasteiger partial charge on any atom is -0.453 e. The third-order valence-electron chi connectivity index (χ3n) is 17.9. The Morgan fingerprint density at radius 3 is 1.39 bits per heavy atom. The van der Waals surface area contributed by atoms with E-state index in [1.165, 1.54) is 38.5 Å². The average molecular weight is 1170 g/mol. The summed E-state index contributed by atoms with van der Waals surface area (Å²) in [7, 11) is 2.45. The van der Waals surface area contributed by atoms with Gasteiger partial charge in [0.25, 0.3) is 0 Å². The number of nitrogens with zero attached hydrogens (tertiary/aromatic N) is 6. The molecule has 0 radical (unpaired) electrons. The molecule has 2 aromatic heterocycles. The number of halogens is 5. The number of likely N-dealkylation sites (tertiary alicyclic amines) is 2. The van der Waals surface area contributed by atoms with E-state index in [0.717, 1.165) is 0 Å². The molecule has 85 heavy (non-hydrogen) atoms. The number of benzene rings is 5. The smallest absolute Gasteiger partial charge is 0.407 e. The highest BCUT2D eigenvalue weighted by Gasteiger charge is 2.46. The highest BCUT2D eigenvalue weighted by Crippen LogP contribution is 2.51. The summed E-state index contributed by atoms with van der Waals surface area (Å²) in [6.45, 7) is 8.36. The van der Waals surface area contributed by atoms with Gasteiger partial charge >= 0.3 is 12.2 Å². The van der Waals surface area contributed by atoms with Gasteiger partial charge in [-0.1, -0.05) is 88.4 Å². The molecule has 0 aliphatic carbocycles. The molecule has 0 saturated carbocycles. The second-order valence-corrected chi connectivity index (χ2v) is 23.6. The summed E-state index contributed by atoms with van der Waals surface area (Å²) in [4.78, 5) is 75.4. The Hall–Kier alpha value is -8.23. The maximum absolute atomic E-state index is 17.8. The Morgan fingerprint density at radius 1 is 0.565 bits per heavy atom. The molecule has 7 aromatic rings. The van der Waals surface area contributed by atoms with Crippen molar-refractivity contribution in [2.24, 2.45) is 17.8 Å². The fourth-order valence-corrected chi connectivity index (χ4v) is 13.6. The molecule has 6 heterocycles. The van der Waals surface area contributed by atoms with Crippen LogP contribution in [0.2, 0.25) is 0 Å². The summed E-state index contributed by atoms with van der Waals surface area (Å²) in [5.41, 5.74) is 0.632. The van der Waals surface area contributed by atoms with Crippen LogP contribution in [0.25, 0.3) is 22.1 Å². The number of carbonyl (C=O) groups excluding carboxylic acids is 4. The number of rotatable bonds is 15. The van der Waals surface area contributed by atoms with Crippen LogP contribution >= 0.6 is 0 Å². The van der Waals surface area contributed by atoms with Gasteiger partial charge in [0, 0.05) is 61.0 Å². The van der Waals surface area contributed by atoms with Crippen molar-refractivity contribution in [3.63, 3.8) is 0 Å². The highest BCUT2D eigenvalue weighted by molar-refractivity contribution is 5.88. The van der Waals surface area contributed by atoms with E-state index in [-0.39, 0.29) is 96.0 Å². The van der Waals surface area contributed by atoms with Gasteiger partial charge in [0.1, 0.15) is 41.1 Å². The van der Waals surface area contributed by atoms with E-state index in [9.17, 15) is 19.2 Å². The fourth-order valence-electron chi connectivity index (χ4n) is 13.6. The number of anilines is 2. The Balaban J connectivity index is 0.936. The van der Waals surface area contributed by atoms with Gasteiger partial charge in [-0.3, -0.25) is 9.59 Å². The normalized spacial score (nSPS) is 20.2. The Bertz CT molecular complexity index is 3400. The van der Waals surface area contributed by atoms with Crippen LogP contribution in [0.4, 0.5) is 42.9 Å². The zero-order chi connectivity index (χ0) is 60.0. The lowest BCUT2D eigenvalue weighted by Gasteiger charge is -2.41. The Labute approximate surface area is 489 Å². The third-order valence-corrected chi connectivity index (χ3v) is 17.9. The lowest BCUT2D eigenvalue weighted by molar-refractivity contribution is -0.136. The third kappa shape index (κ3) is 11.1. The number of alkyl halides is 1. The molecule has 4 amide bonds. The SMILES string of the molecule is COC(=O)NC(C(=O)N1CCC[C@H]1c1nc2cc(F)c([C@H]3CC[C@H](c4cc5[nH]c([C@@H]6CCCN6C(=O)C(NC(=O)OC)C(C)C)nc5cc4F)N3c3cc(F)c(N4CCC(C(F)(c5ccccc5)c5ccccc5)CC4)c(F)c3)cc2[nH]1)C(C)C. The first-order chi connectivity index (χ1) is 40.9. The number of piperidine rings is 1. The van der Waals surface area contributed by atoms with Gasteiger partial charge < -0.3 is 49.7 Å². The van der Waals surface area contributed by atoms with E-state index in [1.807, 2.05) is 39.8 Å². The summed E-state index contributed by atoms with van der Waals surface area (Å²) in [5.74, 6) is -3.98. The first kappa shape index (κ1) is 58.5. The summed E-state index contributed by atoms with van der Waals surface area (Å²) in [6.07, 6.45) is 1.91. The van der Waals surface area contributed by atoms with Crippen molar-refractivity contribution >= 4 is 57.4 Å². The number of carbonyl (C=O) groups is 4. The first-order valence-corrected chi connectivity index (χ1v) is 29.4. The van der Waals surface area contributed by atoms with E-state index >= 15 is 22.0 Å². The molecule has 6 atom stereocenters. The Morgan fingerprint density at radius 2 is 0.988 bits per heavy atom. The number of imidazole rings is 2. The summed E-state index contributed by atoms with van der Waals surface area (Å²) < 4.78 is 96.0. The van der Waals surface area contributed by atoms with Crippen LogP contribution in [0.1, 0.15) is 137 Å². The predicted octanol–water partition coefficient (Wildman–Crippen LogP) is 12.3. The summed E-state index contributed by atoms with van der Waals surface area (Å²) in [5, 5.41) is 5.30. The maximum atomic E-state index is 17.8. The van der Waals surface area contributed by atoms with Crippen molar-refractivity contribution in [3.8, 4) is 0 Å². The molecule has 0 spiro atoms. The van der Waals surface area contributed by atoms with Crippen molar-refractivity contribution in [1.29, 1.82) is 0 Å². The van der Waals surface area contributed by atoms with Crippen LogP contribution in [0.3, 0.4) is 0 Å². The molecule has 448 valence electrons. The van der Waals surface area contributed by atoms with Crippen LogP contribution < -0.4 is 20.4 Å². The van der Waals surface area contributed by atoms with Crippen LogP contribution in [-0.2, 0) is 24.7 Å². The van der Waals surface area contributed by atoms with E-state index in [0.29, 0.717) is 72.6 Å². The molecule has 16 nitrogen and oxygen atoms in total. The number of nitrogens with one attached hydrogen (secondary N) is 4. The lowest BCUT2D eigenvalue weighted by Crippen LogP contribution is -2.51. The van der Waals surface area contributed by atoms with Crippen LogP contribution in [0.15, 0.2) is 97.1 Å². The van der Waals surface area contributed by atoms with Gasteiger partial charge in [0.05, 0.1) is 60.5 Å². The number of hydrogen-bond acceptors (Lipinski definition) is 10. The molecule has 11 rings (SSSR count). The number of amides is 4. The molecule has 2 unspecified atom stereocenters. The van der Waals surface area contributed by atoms with E-state index in [1.54, 1.807) is 80.3 Å². The molecule has 4 fully saturated rings. The summed E-state index contributed by atoms with van der Waals surface area (Å²) in [6, 6.07) is 21.5. The molecule has 4 aliphatic rings. The molecule has 4 N–H and O–H groups in total. The number of fused-ring (bicyclic) bond motifs is 2. The molecule has 4 aliphatic heterocycles. The number of hydrogen-bond donors (Lipinski definition) is 4. The minimum absolute atomic E-state index is 0.0346. The minimum atomic E-state index is -1.86.